The molecule has 0 aromatic rings. The lowest BCUT2D eigenvalue weighted by atomic mass is 9.42. The molecule has 0 N–H and O–H groups in total. The molecule has 0 aromatic carbocycles. The van der Waals surface area contributed by atoms with E-state index in [1.807, 2.05) is 0 Å². The molecule has 0 saturated heterocycles. The third-order valence-corrected chi connectivity index (χ3v) is 10.9. The van der Waals surface area contributed by atoms with Gasteiger partial charge >= 0.3 is 5.97 Å². The second-order valence-corrected chi connectivity index (χ2v) is 11.8. The zero-order chi connectivity index (χ0) is 21.7. The average Bonchev–Trinajstić information content (AvgIpc) is 3.09. The van der Waals surface area contributed by atoms with E-state index in [-0.39, 0.29) is 11.4 Å². The Bertz CT molecular complexity index is 671. The van der Waals surface area contributed by atoms with Gasteiger partial charge < -0.3 is 4.74 Å². The minimum atomic E-state index is -0.0882. The molecular weight excluding hydrogens is 372 g/mol. The van der Waals surface area contributed by atoms with Crippen LogP contribution in [0, 0.1) is 52.3 Å². The van der Waals surface area contributed by atoms with Crippen LogP contribution in [-0.2, 0) is 14.3 Å². The molecule has 3 unspecified atom stereocenters. The smallest absolute Gasteiger partial charge is 0.305 e. The van der Waals surface area contributed by atoms with E-state index in [4.69, 9.17) is 4.74 Å². The first-order chi connectivity index (χ1) is 14.3. The molecule has 0 radical (unpaired) electrons. The zero-order valence-corrected chi connectivity index (χ0v) is 20.0. The summed E-state index contributed by atoms with van der Waals surface area (Å²) >= 11 is 0. The number of Topliss-reactive ketones (excluding diaryl/α,β-unsaturated/α-hetero) is 1. The summed E-state index contributed by atoms with van der Waals surface area (Å²) in [6.07, 6.45) is 12.7. The molecule has 0 aromatic heterocycles. The van der Waals surface area contributed by atoms with E-state index in [1.165, 1.54) is 58.5 Å². The lowest BCUT2D eigenvalue weighted by Crippen LogP contribution is -2.59. The van der Waals surface area contributed by atoms with Gasteiger partial charge in [-0.1, -0.05) is 40.5 Å². The molecule has 4 aliphatic rings. The minimum absolute atomic E-state index is 0.0882. The van der Waals surface area contributed by atoms with Crippen LogP contribution < -0.4 is 0 Å². The Labute approximate surface area is 184 Å². The van der Waals surface area contributed by atoms with E-state index in [0.29, 0.717) is 59.0 Å². The number of ether oxygens (including phenoxy) is 1. The number of ketones is 1. The molecule has 4 saturated carbocycles. The van der Waals surface area contributed by atoms with Crippen LogP contribution in [0.2, 0.25) is 0 Å². The van der Waals surface area contributed by atoms with Gasteiger partial charge in [-0.2, -0.15) is 0 Å². The van der Waals surface area contributed by atoms with Gasteiger partial charge in [0.15, 0.2) is 0 Å². The van der Waals surface area contributed by atoms with Crippen LogP contribution in [-0.4, -0.2) is 18.9 Å². The lowest BCUT2D eigenvalue weighted by molar-refractivity contribution is -0.168. The number of carbonyl (C=O) groups excluding carboxylic acids is 2. The number of esters is 1. The van der Waals surface area contributed by atoms with Gasteiger partial charge in [0, 0.05) is 18.3 Å². The molecule has 3 nitrogen and oxygen atoms in total. The summed E-state index contributed by atoms with van der Waals surface area (Å²) < 4.78 is 4.88. The minimum Gasteiger partial charge on any atom is -0.469 e. The van der Waals surface area contributed by atoms with Gasteiger partial charge in [-0.05, 0) is 91.8 Å². The first kappa shape index (κ1) is 22.3. The van der Waals surface area contributed by atoms with Gasteiger partial charge in [0.25, 0.3) is 0 Å². The van der Waals surface area contributed by atoms with Crippen LogP contribution in [0.25, 0.3) is 0 Å². The maximum absolute atomic E-state index is 13.9. The van der Waals surface area contributed by atoms with Crippen molar-refractivity contribution in [3.8, 4) is 0 Å². The fourth-order valence-electron chi connectivity index (χ4n) is 9.34. The van der Waals surface area contributed by atoms with Crippen molar-refractivity contribution < 1.29 is 14.3 Å². The summed E-state index contributed by atoms with van der Waals surface area (Å²) in [6.45, 7) is 9.66. The molecule has 0 aliphatic heterocycles. The first-order valence-corrected chi connectivity index (χ1v) is 12.9. The highest BCUT2D eigenvalue weighted by Gasteiger charge is 2.64. The third kappa shape index (κ3) is 3.28. The van der Waals surface area contributed by atoms with Crippen LogP contribution in [0.3, 0.4) is 0 Å². The van der Waals surface area contributed by atoms with Crippen molar-refractivity contribution in [2.45, 2.75) is 98.3 Å². The molecule has 170 valence electrons. The number of carbonyl (C=O) groups is 2. The standard InChI is InChI=1S/C27H44O3/c1-6-18-20-9-7-8-15-26(20,3)22-14-16-27(4)19(17(2)10-13-23(28)30-5)11-12-21(27)24(22)25(18)29/h17-22,24H,6-16H2,1-5H3/t17-,18+,19-,20+,21?,22?,24?,26+,27-/m1/s1. The van der Waals surface area contributed by atoms with E-state index >= 15 is 0 Å². The van der Waals surface area contributed by atoms with E-state index in [1.54, 1.807) is 0 Å². The van der Waals surface area contributed by atoms with Gasteiger partial charge in [0.2, 0.25) is 0 Å². The second-order valence-electron chi connectivity index (χ2n) is 11.8. The molecule has 0 amide bonds. The maximum Gasteiger partial charge on any atom is 0.305 e. The lowest BCUT2D eigenvalue weighted by Gasteiger charge is -2.62. The van der Waals surface area contributed by atoms with E-state index in [9.17, 15) is 9.59 Å². The van der Waals surface area contributed by atoms with Crippen molar-refractivity contribution in [3.05, 3.63) is 0 Å². The highest BCUT2D eigenvalue weighted by molar-refractivity contribution is 5.86. The van der Waals surface area contributed by atoms with Crippen LogP contribution >= 0.6 is 0 Å². The predicted octanol–water partition coefficient (Wildman–Crippen LogP) is 6.44. The van der Waals surface area contributed by atoms with Crippen LogP contribution in [0.4, 0.5) is 0 Å². The molecule has 3 heteroatoms. The molecule has 4 rings (SSSR count). The van der Waals surface area contributed by atoms with Gasteiger partial charge in [0.05, 0.1) is 7.11 Å². The number of fused-ring (bicyclic) bond motifs is 5. The number of rotatable bonds is 5. The Kier molecular flexibility index (Phi) is 6.14. The summed E-state index contributed by atoms with van der Waals surface area (Å²) in [7, 11) is 1.49. The van der Waals surface area contributed by atoms with Crippen LogP contribution in [0.1, 0.15) is 98.3 Å². The van der Waals surface area contributed by atoms with Gasteiger partial charge in [0.1, 0.15) is 5.78 Å². The molecule has 4 aliphatic carbocycles. The first-order valence-electron chi connectivity index (χ1n) is 12.9. The molecule has 0 bridgehead atoms. The van der Waals surface area contributed by atoms with E-state index in [0.717, 1.165) is 12.8 Å². The van der Waals surface area contributed by atoms with Crippen molar-refractivity contribution in [1.82, 2.24) is 0 Å². The van der Waals surface area contributed by atoms with Gasteiger partial charge in [-0.3, -0.25) is 9.59 Å². The van der Waals surface area contributed by atoms with E-state index in [2.05, 4.69) is 27.7 Å². The third-order valence-electron chi connectivity index (χ3n) is 10.9. The fourth-order valence-corrected chi connectivity index (χ4v) is 9.34. The molecule has 0 heterocycles. The topological polar surface area (TPSA) is 43.4 Å². The van der Waals surface area contributed by atoms with Crippen molar-refractivity contribution in [2.75, 3.05) is 7.11 Å². The Morgan fingerprint density at radius 1 is 1.03 bits per heavy atom. The maximum atomic E-state index is 13.9. The summed E-state index contributed by atoms with van der Waals surface area (Å²) in [5.74, 6) is 4.11. The van der Waals surface area contributed by atoms with Gasteiger partial charge in [-0.25, -0.2) is 0 Å². The van der Waals surface area contributed by atoms with Gasteiger partial charge in [-0.15, -0.1) is 0 Å². The molecule has 30 heavy (non-hydrogen) atoms. The van der Waals surface area contributed by atoms with E-state index < -0.39 is 0 Å². The number of hydrogen-bond acceptors (Lipinski definition) is 3. The summed E-state index contributed by atoms with van der Waals surface area (Å²) in [4.78, 5) is 25.6. The summed E-state index contributed by atoms with van der Waals surface area (Å²) in [5, 5.41) is 0. The monoisotopic (exact) mass is 416 g/mol. The van der Waals surface area contributed by atoms with Crippen molar-refractivity contribution in [3.63, 3.8) is 0 Å². The predicted molar refractivity (Wildman–Crippen MR) is 120 cm³/mol. The highest BCUT2D eigenvalue weighted by Crippen LogP contribution is 2.68. The normalized spacial score (nSPS) is 46.5. The zero-order valence-electron chi connectivity index (χ0n) is 20.0. The number of hydrogen-bond donors (Lipinski definition) is 0. The molecular formula is C27H44O3. The van der Waals surface area contributed by atoms with Crippen molar-refractivity contribution >= 4 is 11.8 Å². The van der Waals surface area contributed by atoms with Crippen molar-refractivity contribution in [1.29, 1.82) is 0 Å². The fraction of sp³-hybridized carbons (Fsp3) is 0.926. The highest BCUT2D eigenvalue weighted by atomic mass is 16.5. The number of methoxy groups -OCH3 is 1. The molecule has 0 spiro atoms. The van der Waals surface area contributed by atoms with Crippen molar-refractivity contribution in [2.24, 2.45) is 52.3 Å². The van der Waals surface area contributed by atoms with Crippen LogP contribution in [0.15, 0.2) is 0 Å². The quantitative estimate of drug-likeness (QED) is 0.484. The Morgan fingerprint density at radius 3 is 2.47 bits per heavy atom. The Balaban J connectivity index is 1.59. The second kappa shape index (κ2) is 8.24. The van der Waals surface area contributed by atoms with Crippen LogP contribution in [0.5, 0.6) is 0 Å². The Hall–Kier alpha value is -0.860. The summed E-state index contributed by atoms with van der Waals surface area (Å²) in [6, 6.07) is 0. The summed E-state index contributed by atoms with van der Waals surface area (Å²) in [5.41, 5.74) is 0.649. The molecule has 4 fully saturated rings. The average molecular weight is 417 g/mol. The largest absolute Gasteiger partial charge is 0.469 e. The SMILES string of the molecule is CC[C@@H]1C(=O)C2C3CC[C@H]([C@H](C)CCC(=O)OC)[C@@]3(C)CCC2[C@@]2(C)CCCC[C@@H]12. The molecule has 9 atom stereocenters. The Morgan fingerprint density at radius 2 is 1.77 bits per heavy atom.